The number of benzene rings is 1. The molecule has 0 radical (unpaired) electrons. The first-order valence-corrected chi connectivity index (χ1v) is 19.1. The van der Waals surface area contributed by atoms with E-state index in [1.165, 1.54) is 106 Å². The molecule has 0 atom stereocenters. The summed E-state index contributed by atoms with van der Waals surface area (Å²) in [5, 5.41) is 0. The van der Waals surface area contributed by atoms with Crippen LogP contribution >= 0.6 is 88.9 Å². The minimum absolute atomic E-state index is 1.01. The zero-order valence-corrected chi connectivity index (χ0v) is 29.5. The Morgan fingerprint density at radius 1 is 0.625 bits per heavy atom. The van der Waals surface area contributed by atoms with Crippen LogP contribution in [0.4, 0.5) is 0 Å². The molecule has 206 valence electrons. The zero-order chi connectivity index (χ0) is 27.6. The second-order valence-electron chi connectivity index (χ2n) is 9.94. The van der Waals surface area contributed by atoms with E-state index in [2.05, 4.69) is 94.2 Å². The lowest BCUT2D eigenvalue weighted by molar-refractivity contribution is 0.608. The van der Waals surface area contributed by atoms with Gasteiger partial charge in [-0.2, -0.15) is 8.75 Å². The molecule has 9 heteroatoms. The molecule has 0 saturated heterocycles. The van der Waals surface area contributed by atoms with Crippen LogP contribution < -0.4 is 0 Å². The maximum atomic E-state index is 4.82. The standard InChI is InChI=1S/C31H28Br2N2S5/c1-3-4-5-6-7-8-9-19-17-25(39-31(19)23-13-15-27(33)37-23)21-11-10-20(28-29(21)35-40-34-28)24-16-18(2)30(38-24)22-12-14-26(32)36-22/h10-17H,3-9H2,1-2H3. The van der Waals surface area contributed by atoms with Gasteiger partial charge in [-0.05, 0) is 99.2 Å². The number of nitrogens with zero attached hydrogens (tertiary/aromatic N) is 2. The molecule has 5 aromatic heterocycles. The van der Waals surface area contributed by atoms with Gasteiger partial charge >= 0.3 is 0 Å². The van der Waals surface area contributed by atoms with E-state index in [1.807, 2.05) is 34.0 Å². The first-order chi connectivity index (χ1) is 19.5. The predicted molar refractivity (Wildman–Crippen MR) is 188 cm³/mol. The van der Waals surface area contributed by atoms with Crippen LogP contribution in [0.25, 0.3) is 51.4 Å². The highest BCUT2D eigenvalue weighted by molar-refractivity contribution is 9.11. The molecule has 0 fully saturated rings. The highest BCUT2D eigenvalue weighted by Gasteiger charge is 2.20. The van der Waals surface area contributed by atoms with E-state index in [0.717, 1.165) is 21.2 Å². The highest BCUT2D eigenvalue weighted by Crippen LogP contribution is 2.47. The van der Waals surface area contributed by atoms with E-state index < -0.39 is 0 Å². The Kier molecular flexibility index (Phi) is 9.38. The normalized spacial score (nSPS) is 11.7. The summed E-state index contributed by atoms with van der Waals surface area (Å²) in [6.07, 6.45) is 9.01. The first-order valence-electron chi connectivity index (χ1n) is 13.5. The fourth-order valence-electron chi connectivity index (χ4n) is 5.05. The fraction of sp³-hybridized carbons (Fsp3) is 0.290. The number of halogens is 2. The van der Waals surface area contributed by atoms with E-state index in [-0.39, 0.29) is 0 Å². The van der Waals surface area contributed by atoms with Gasteiger partial charge in [0.2, 0.25) is 0 Å². The third-order valence-corrected chi connectivity index (χ3v) is 13.7. The van der Waals surface area contributed by atoms with Gasteiger partial charge in [0.05, 0.1) is 19.3 Å². The topological polar surface area (TPSA) is 25.8 Å². The monoisotopic (exact) mass is 746 g/mol. The molecule has 0 unspecified atom stereocenters. The molecule has 2 nitrogen and oxygen atoms in total. The molecule has 40 heavy (non-hydrogen) atoms. The van der Waals surface area contributed by atoms with Crippen molar-refractivity contribution in [1.29, 1.82) is 0 Å². The van der Waals surface area contributed by atoms with Crippen molar-refractivity contribution in [3.05, 3.63) is 67.2 Å². The number of unbranched alkanes of at least 4 members (excludes halogenated alkanes) is 5. The Hall–Kier alpha value is -1.20. The number of aromatic nitrogens is 2. The van der Waals surface area contributed by atoms with Gasteiger partial charge in [-0.25, -0.2) is 0 Å². The van der Waals surface area contributed by atoms with Gasteiger partial charge in [0.15, 0.2) is 0 Å². The van der Waals surface area contributed by atoms with Crippen molar-refractivity contribution in [2.24, 2.45) is 0 Å². The Labute approximate surface area is 272 Å². The van der Waals surface area contributed by atoms with Gasteiger partial charge in [-0.1, -0.05) is 51.2 Å². The third-order valence-electron chi connectivity index (χ3n) is 7.07. The van der Waals surface area contributed by atoms with Crippen LogP contribution in [0.15, 0.2) is 56.1 Å². The van der Waals surface area contributed by atoms with Crippen LogP contribution in [-0.2, 0) is 6.42 Å². The molecule has 0 N–H and O–H groups in total. The van der Waals surface area contributed by atoms with Crippen molar-refractivity contribution in [1.82, 2.24) is 8.75 Å². The summed E-state index contributed by atoms with van der Waals surface area (Å²) < 4.78 is 12.0. The summed E-state index contributed by atoms with van der Waals surface area (Å²) in [7, 11) is 0. The smallest absolute Gasteiger partial charge is 0.114 e. The van der Waals surface area contributed by atoms with Crippen molar-refractivity contribution in [3.63, 3.8) is 0 Å². The summed E-state index contributed by atoms with van der Waals surface area (Å²) in [5.74, 6) is 0. The van der Waals surface area contributed by atoms with Crippen LogP contribution in [0.1, 0.15) is 56.6 Å². The van der Waals surface area contributed by atoms with Crippen molar-refractivity contribution >= 4 is 100.0 Å². The van der Waals surface area contributed by atoms with Crippen LogP contribution in [0, 0.1) is 6.92 Å². The Morgan fingerprint density at radius 2 is 1.20 bits per heavy atom. The quantitative estimate of drug-likeness (QED) is 0.123. The second-order valence-corrected chi connectivity index (χ2v) is 17.5. The largest absolute Gasteiger partial charge is 0.172 e. The molecule has 0 spiro atoms. The average Bonchev–Trinajstić information content (AvgIpc) is 3.76. The summed E-state index contributed by atoms with van der Waals surface area (Å²) in [6, 6.07) is 18.0. The van der Waals surface area contributed by atoms with Gasteiger partial charge in [0.25, 0.3) is 0 Å². The van der Waals surface area contributed by atoms with Crippen molar-refractivity contribution in [3.8, 4) is 40.4 Å². The van der Waals surface area contributed by atoms with Gasteiger partial charge < -0.3 is 0 Å². The van der Waals surface area contributed by atoms with Gasteiger partial charge in [-0.15, -0.1) is 45.3 Å². The van der Waals surface area contributed by atoms with Gasteiger partial charge in [-0.3, -0.25) is 0 Å². The number of thiophene rings is 4. The number of fused-ring (bicyclic) bond motifs is 1. The van der Waals surface area contributed by atoms with Gasteiger partial charge in [0.1, 0.15) is 11.0 Å². The maximum absolute atomic E-state index is 4.82. The molecule has 0 aliphatic heterocycles. The highest BCUT2D eigenvalue weighted by atomic mass is 79.9. The Bertz CT molecular complexity index is 1750. The van der Waals surface area contributed by atoms with Crippen molar-refractivity contribution in [2.75, 3.05) is 0 Å². The molecule has 0 bridgehead atoms. The lowest BCUT2D eigenvalue weighted by Gasteiger charge is -2.03. The van der Waals surface area contributed by atoms with E-state index >= 15 is 0 Å². The van der Waals surface area contributed by atoms with Gasteiger partial charge in [0, 0.05) is 40.4 Å². The summed E-state index contributed by atoms with van der Waals surface area (Å²) in [4.78, 5) is 7.91. The molecule has 1 aromatic carbocycles. The summed E-state index contributed by atoms with van der Waals surface area (Å²) in [5.41, 5.74) is 7.16. The molecular formula is C31H28Br2N2S5. The lowest BCUT2D eigenvalue weighted by Crippen LogP contribution is -1.86. The van der Waals surface area contributed by atoms with E-state index in [9.17, 15) is 0 Å². The Morgan fingerprint density at radius 3 is 1.82 bits per heavy atom. The summed E-state index contributed by atoms with van der Waals surface area (Å²) >= 11 is 16.0. The molecule has 0 aliphatic carbocycles. The van der Waals surface area contributed by atoms with Crippen molar-refractivity contribution < 1.29 is 0 Å². The summed E-state index contributed by atoms with van der Waals surface area (Å²) in [6.45, 7) is 4.48. The molecule has 0 amide bonds. The molecule has 5 heterocycles. The van der Waals surface area contributed by atoms with E-state index in [4.69, 9.17) is 8.75 Å². The van der Waals surface area contributed by atoms with Crippen LogP contribution in [0.5, 0.6) is 0 Å². The van der Waals surface area contributed by atoms with Crippen LogP contribution in [0.3, 0.4) is 0 Å². The van der Waals surface area contributed by atoms with Crippen molar-refractivity contribution in [2.45, 2.75) is 58.8 Å². The predicted octanol–water partition coefficient (Wildman–Crippen LogP) is 13.3. The first kappa shape index (κ1) is 28.9. The molecule has 6 rings (SSSR count). The minimum atomic E-state index is 1.01. The molecule has 6 aromatic rings. The second kappa shape index (κ2) is 13.0. The Balaban J connectivity index is 1.34. The van der Waals surface area contributed by atoms with Crippen LogP contribution in [0.2, 0.25) is 0 Å². The molecule has 0 aliphatic rings. The number of hydrogen-bond donors (Lipinski definition) is 0. The average molecular weight is 749 g/mol. The maximum Gasteiger partial charge on any atom is 0.114 e. The molecule has 0 saturated carbocycles. The number of aryl methyl sites for hydroxylation is 2. The fourth-order valence-corrected chi connectivity index (χ4v) is 11.1. The van der Waals surface area contributed by atoms with E-state index in [0.29, 0.717) is 0 Å². The molecular weight excluding hydrogens is 720 g/mol. The zero-order valence-electron chi connectivity index (χ0n) is 22.3. The number of hydrogen-bond acceptors (Lipinski definition) is 7. The lowest BCUT2D eigenvalue weighted by atomic mass is 10.0. The van der Waals surface area contributed by atoms with Crippen LogP contribution in [-0.4, -0.2) is 8.75 Å². The minimum Gasteiger partial charge on any atom is -0.172 e. The van der Waals surface area contributed by atoms with E-state index in [1.54, 1.807) is 11.3 Å². The SMILES string of the molecule is CCCCCCCCc1cc(-c2ccc(-c3cc(C)c(-c4ccc(Br)s4)s3)c3nsnc23)sc1-c1ccc(Br)s1. The third kappa shape index (κ3) is 6.12. The number of rotatable bonds is 11.